The van der Waals surface area contributed by atoms with Crippen LogP contribution in [0.15, 0.2) is 46.4 Å². The van der Waals surface area contributed by atoms with Crippen LogP contribution in [0.2, 0.25) is 0 Å². The summed E-state index contributed by atoms with van der Waals surface area (Å²) in [4.78, 5) is 10.9. The van der Waals surface area contributed by atoms with Gasteiger partial charge in [-0.05, 0) is 56.2 Å². The Hall–Kier alpha value is -2.69. The van der Waals surface area contributed by atoms with Gasteiger partial charge in [-0.25, -0.2) is 9.38 Å². The lowest BCUT2D eigenvalue weighted by Gasteiger charge is -2.14. The molecule has 2 rings (SSSR count). The summed E-state index contributed by atoms with van der Waals surface area (Å²) < 4.78 is 19.4. The van der Waals surface area contributed by atoms with E-state index in [1.165, 1.54) is 6.07 Å². The molecule has 26 heavy (non-hydrogen) atoms. The standard InChI is InChI=1S/C21H26FN3O/c1-6-25(5)14-24-19-12-15(2)17(11-16(19)3)20(23-4)13-26-21-10-8-7-9-18(21)22/h7-12,14H,6,13H2,1-5H3. The first-order valence-electron chi connectivity index (χ1n) is 8.65. The van der Waals surface area contributed by atoms with Gasteiger partial charge in [-0.15, -0.1) is 0 Å². The number of aliphatic imine (C=N–C) groups is 2. The van der Waals surface area contributed by atoms with Crippen molar-refractivity contribution >= 4 is 17.7 Å². The molecule has 0 aliphatic rings. The third-order valence-corrected chi connectivity index (χ3v) is 4.22. The first-order valence-corrected chi connectivity index (χ1v) is 8.65. The highest BCUT2D eigenvalue weighted by molar-refractivity contribution is 6.03. The first kappa shape index (κ1) is 19.6. The van der Waals surface area contributed by atoms with Gasteiger partial charge in [0.2, 0.25) is 0 Å². The minimum atomic E-state index is -0.374. The molecule has 0 N–H and O–H groups in total. The highest BCUT2D eigenvalue weighted by Crippen LogP contribution is 2.24. The lowest BCUT2D eigenvalue weighted by atomic mass is 10.00. The molecule has 0 heterocycles. The smallest absolute Gasteiger partial charge is 0.165 e. The Kier molecular flexibility index (Phi) is 6.89. The van der Waals surface area contributed by atoms with Crippen LogP contribution >= 0.6 is 0 Å². The van der Waals surface area contributed by atoms with Crippen LogP contribution in [0.1, 0.15) is 23.6 Å². The summed E-state index contributed by atoms with van der Waals surface area (Å²) in [6.45, 7) is 7.23. The summed E-state index contributed by atoms with van der Waals surface area (Å²) in [5.41, 5.74) is 4.80. The Labute approximate surface area is 155 Å². The van der Waals surface area contributed by atoms with Crippen molar-refractivity contribution in [1.82, 2.24) is 4.90 Å². The highest BCUT2D eigenvalue weighted by Gasteiger charge is 2.12. The molecule has 4 nitrogen and oxygen atoms in total. The molecule has 0 aliphatic carbocycles. The average Bonchev–Trinajstić information content (AvgIpc) is 2.64. The molecule has 0 amide bonds. The van der Waals surface area contributed by atoms with E-state index >= 15 is 0 Å². The van der Waals surface area contributed by atoms with E-state index < -0.39 is 0 Å². The molecule has 0 aliphatic heterocycles. The van der Waals surface area contributed by atoms with Crippen molar-refractivity contribution in [2.24, 2.45) is 9.98 Å². The molecule has 0 unspecified atom stereocenters. The molecule has 0 atom stereocenters. The molecule has 0 saturated heterocycles. The van der Waals surface area contributed by atoms with Crippen LogP contribution in [-0.2, 0) is 0 Å². The maximum Gasteiger partial charge on any atom is 0.165 e. The lowest BCUT2D eigenvalue weighted by molar-refractivity contribution is 0.354. The second-order valence-electron chi connectivity index (χ2n) is 6.16. The van der Waals surface area contributed by atoms with Gasteiger partial charge < -0.3 is 9.64 Å². The summed E-state index contributed by atoms with van der Waals surface area (Å²) in [6.07, 6.45) is 1.83. The van der Waals surface area contributed by atoms with Crippen LogP contribution in [0.5, 0.6) is 5.75 Å². The fourth-order valence-electron chi connectivity index (χ4n) is 2.46. The summed E-state index contributed by atoms with van der Waals surface area (Å²) in [6, 6.07) is 10.5. The first-order chi connectivity index (χ1) is 12.5. The lowest BCUT2D eigenvalue weighted by Crippen LogP contribution is -2.15. The molecule has 0 bridgehead atoms. The van der Waals surface area contributed by atoms with Crippen molar-refractivity contribution < 1.29 is 9.13 Å². The number of para-hydroxylation sites is 1. The van der Waals surface area contributed by atoms with Gasteiger partial charge in [-0.1, -0.05) is 12.1 Å². The van der Waals surface area contributed by atoms with Crippen molar-refractivity contribution in [3.8, 4) is 5.75 Å². The SMILES string of the molecule is CCN(C)C=Nc1cc(C)c(C(COc2ccccc2F)=NC)cc1C. The largest absolute Gasteiger partial charge is 0.484 e. The molecular weight excluding hydrogens is 329 g/mol. The van der Waals surface area contributed by atoms with Crippen molar-refractivity contribution in [3.63, 3.8) is 0 Å². The molecule has 0 radical (unpaired) electrons. The van der Waals surface area contributed by atoms with Gasteiger partial charge >= 0.3 is 0 Å². The average molecular weight is 355 g/mol. The number of benzene rings is 2. The van der Waals surface area contributed by atoms with E-state index in [1.807, 2.05) is 38.2 Å². The maximum atomic E-state index is 13.7. The van der Waals surface area contributed by atoms with E-state index in [9.17, 15) is 4.39 Å². The van der Waals surface area contributed by atoms with Crippen molar-refractivity contribution in [3.05, 3.63) is 58.9 Å². The second kappa shape index (κ2) is 9.13. The highest BCUT2D eigenvalue weighted by atomic mass is 19.1. The van der Waals surface area contributed by atoms with Crippen LogP contribution < -0.4 is 4.74 Å². The molecule has 0 saturated carbocycles. The zero-order valence-electron chi connectivity index (χ0n) is 16.1. The fourth-order valence-corrected chi connectivity index (χ4v) is 2.46. The molecule has 0 spiro atoms. The third-order valence-electron chi connectivity index (χ3n) is 4.22. The minimum absolute atomic E-state index is 0.207. The second-order valence-corrected chi connectivity index (χ2v) is 6.16. The Morgan fingerprint density at radius 3 is 2.58 bits per heavy atom. The maximum absolute atomic E-state index is 13.7. The Morgan fingerprint density at radius 1 is 1.19 bits per heavy atom. The molecule has 0 aromatic heterocycles. The van der Waals surface area contributed by atoms with Crippen LogP contribution in [0, 0.1) is 19.7 Å². The Morgan fingerprint density at radius 2 is 1.92 bits per heavy atom. The predicted molar refractivity (Wildman–Crippen MR) is 107 cm³/mol. The van der Waals surface area contributed by atoms with E-state index in [1.54, 1.807) is 25.2 Å². The van der Waals surface area contributed by atoms with Gasteiger partial charge in [-0.2, -0.15) is 0 Å². The van der Waals surface area contributed by atoms with E-state index in [2.05, 4.69) is 23.0 Å². The number of hydrogen-bond donors (Lipinski definition) is 0. The van der Waals surface area contributed by atoms with Gasteiger partial charge in [-0.3, -0.25) is 4.99 Å². The van der Waals surface area contributed by atoms with Crippen LogP contribution in [0.25, 0.3) is 0 Å². The summed E-state index contributed by atoms with van der Waals surface area (Å²) in [7, 11) is 3.71. The Bertz CT molecular complexity index is 815. The number of nitrogens with zero attached hydrogens (tertiary/aromatic N) is 3. The minimum Gasteiger partial charge on any atom is -0.484 e. The monoisotopic (exact) mass is 355 g/mol. The summed E-state index contributed by atoms with van der Waals surface area (Å²) in [5.74, 6) is -0.146. The third kappa shape index (κ3) is 4.91. The molecule has 0 fully saturated rings. The van der Waals surface area contributed by atoms with Crippen LogP contribution in [-0.4, -0.2) is 44.2 Å². The van der Waals surface area contributed by atoms with E-state index in [0.717, 1.165) is 34.6 Å². The van der Waals surface area contributed by atoms with Gasteiger partial charge in [0.25, 0.3) is 0 Å². The normalized spacial score (nSPS) is 11.8. The van der Waals surface area contributed by atoms with Gasteiger partial charge in [0.05, 0.1) is 17.7 Å². The van der Waals surface area contributed by atoms with E-state index in [0.29, 0.717) is 0 Å². The van der Waals surface area contributed by atoms with Crippen LogP contribution in [0.3, 0.4) is 0 Å². The topological polar surface area (TPSA) is 37.2 Å². The molecule has 138 valence electrons. The number of aryl methyl sites for hydroxylation is 2. The van der Waals surface area contributed by atoms with E-state index in [-0.39, 0.29) is 18.2 Å². The van der Waals surface area contributed by atoms with Crippen molar-refractivity contribution in [2.75, 3.05) is 27.2 Å². The van der Waals surface area contributed by atoms with Gasteiger partial charge in [0, 0.05) is 26.2 Å². The number of hydrogen-bond acceptors (Lipinski definition) is 3. The zero-order chi connectivity index (χ0) is 19.1. The zero-order valence-corrected chi connectivity index (χ0v) is 16.1. The van der Waals surface area contributed by atoms with Crippen LogP contribution in [0.4, 0.5) is 10.1 Å². The molecule has 2 aromatic rings. The molecule has 2 aromatic carbocycles. The number of halogens is 1. The summed E-state index contributed by atoms with van der Waals surface area (Å²) >= 11 is 0. The molecule has 5 heteroatoms. The summed E-state index contributed by atoms with van der Waals surface area (Å²) in [5, 5.41) is 0. The van der Waals surface area contributed by atoms with E-state index in [4.69, 9.17) is 4.74 Å². The van der Waals surface area contributed by atoms with Gasteiger partial charge in [0.15, 0.2) is 11.6 Å². The molecular formula is C21H26FN3O. The fraction of sp³-hybridized carbons (Fsp3) is 0.333. The van der Waals surface area contributed by atoms with Crippen molar-refractivity contribution in [1.29, 1.82) is 0 Å². The Balaban J connectivity index is 2.22. The number of ether oxygens (including phenoxy) is 1. The van der Waals surface area contributed by atoms with Gasteiger partial charge in [0.1, 0.15) is 6.61 Å². The quantitative estimate of drug-likeness (QED) is 0.540. The van der Waals surface area contributed by atoms with Crippen molar-refractivity contribution in [2.45, 2.75) is 20.8 Å². The predicted octanol–water partition coefficient (Wildman–Crippen LogP) is 4.55. The number of rotatable bonds is 7.